The van der Waals surface area contributed by atoms with Crippen LogP contribution in [0.5, 0.6) is 5.75 Å². The molecule has 19 heavy (non-hydrogen) atoms. The standard InChI is InChI=1S/C16H26N2O/c1-11-9-18-13(12(2)14(11)19-5)8-16(17)7-6-15(3,4)10-16/h9H,6-8,10,17H2,1-5H3. The number of nitrogens with zero attached hydrogens (tertiary/aromatic N) is 1. The fraction of sp³-hybridized carbons (Fsp3) is 0.688. The third-order valence-electron chi connectivity index (χ3n) is 4.40. The Labute approximate surface area is 116 Å². The van der Waals surface area contributed by atoms with Crippen LogP contribution >= 0.6 is 0 Å². The van der Waals surface area contributed by atoms with Crippen molar-refractivity contribution in [2.75, 3.05) is 7.11 Å². The predicted molar refractivity (Wildman–Crippen MR) is 78.5 cm³/mol. The molecule has 0 saturated heterocycles. The van der Waals surface area contributed by atoms with Crippen molar-refractivity contribution in [2.45, 2.75) is 58.9 Å². The highest BCUT2D eigenvalue weighted by Crippen LogP contribution is 2.44. The van der Waals surface area contributed by atoms with Gasteiger partial charge in [0.15, 0.2) is 0 Å². The lowest BCUT2D eigenvalue weighted by atomic mass is 9.85. The largest absolute Gasteiger partial charge is 0.496 e. The highest BCUT2D eigenvalue weighted by molar-refractivity contribution is 5.41. The van der Waals surface area contributed by atoms with Crippen LogP contribution in [0.3, 0.4) is 0 Å². The number of aromatic nitrogens is 1. The summed E-state index contributed by atoms with van der Waals surface area (Å²) in [4.78, 5) is 4.58. The van der Waals surface area contributed by atoms with Crippen LogP contribution in [0.15, 0.2) is 6.20 Å². The van der Waals surface area contributed by atoms with Crippen molar-refractivity contribution < 1.29 is 4.74 Å². The SMILES string of the molecule is COc1c(C)cnc(CC2(N)CCC(C)(C)C2)c1C. The molecule has 2 N–H and O–H groups in total. The Morgan fingerprint density at radius 1 is 1.32 bits per heavy atom. The van der Waals surface area contributed by atoms with Crippen LogP contribution in [0.25, 0.3) is 0 Å². The Kier molecular flexibility index (Phi) is 3.61. The van der Waals surface area contributed by atoms with Crippen molar-refractivity contribution in [3.63, 3.8) is 0 Å². The lowest BCUT2D eigenvalue weighted by Crippen LogP contribution is -2.40. The van der Waals surface area contributed by atoms with E-state index < -0.39 is 0 Å². The first-order valence-corrected chi connectivity index (χ1v) is 7.04. The van der Waals surface area contributed by atoms with Gasteiger partial charge in [0.2, 0.25) is 0 Å². The van der Waals surface area contributed by atoms with Gasteiger partial charge in [0.25, 0.3) is 0 Å². The smallest absolute Gasteiger partial charge is 0.128 e. The third kappa shape index (κ3) is 2.92. The molecule has 1 aromatic rings. The van der Waals surface area contributed by atoms with Gasteiger partial charge in [0.05, 0.1) is 7.11 Å². The van der Waals surface area contributed by atoms with Crippen molar-refractivity contribution in [1.82, 2.24) is 4.98 Å². The highest BCUT2D eigenvalue weighted by Gasteiger charge is 2.40. The van der Waals surface area contributed by atoms with Gasteiger partial charge >= 0.3 is 0 Å². The van der Waals surface area contributed by atoms with Gasteiger partial charge in [-0.3, -0.25) is 4.98 Å². The molecule has 1 aromatic heterocycles. The molecule has 1 heterocycles. The van der Waals surface area contributed by atoms with E-state index in [1.807, 2.05) is 13.1 Å². The second-order valence-corrected chi connectivity index (χ2v) is 6.93. The van der Waals surface area contributed by atoms with E-state index in [-0.39, 0.29) is 5.54 Å². The molecule has 1 aliphatic rings. The zero-order valence-corrected chi connectivity index (χ0v) is 12.8. The minimum Gasteiger partial charge on any atom is -0.496 e. The monoisotopic (exact) mass is 262 g/mol. The summed E-state index contributed by atoms with van der Waals surface area (Å²) in [5, 5.41) is 0. The van der Waals surface area contributed by atoms with Crippen LogP contribution in [0.1, 0.15) is 49.9 Å². The van der Waals surface area contributed by atoms with Gasteiger partial charge in [-0.25, -0.2) is 0 Å². The van der Waals surface area contributed by atoms with Crippen LogP contribution in [0.4, 0.5) is 0 Å². The number of nitrogens with two attached hydrogens (primary N) is 1. The van der Waals surface area contributed by atoms with E-state index >= 15 is 0 Å². The maximum Gasteiger partial charge on any atom is 0.128 e. The normalized spacial score (nSPS) is 25.6. The van der Waals surface area contributed by atoms with E-state index in [4.69, 9.17) is 10.5 Å². The molecule has 0 aromatic carbocycles. The van der Waals surface area contributed by atoms with Gasteiger partial charge in [-0.15, -0.1) is 0 Å². The molecule has 0 radical (unpaired) electrons. The molecule has 0 spiro atoms. The molecule has 0 bridgehead atoms. The molecule has 3 heteroatoms. The minimum atomic E-state index is -0.110. The lowest BCUT2D eigenvalue weighted by molar-refractivity contribution is 0.332. The van der Waals surface area contributed by atoms with Crippen molar-refractivity contribution in [2.24, 2.45) is 11.1 Å². The molecule has 0 amide bonds. The summed E-state index contributed by atoms with van der Waals surface area (Å²) < 4.78 is 5.47. The van der Waals surface area contributed by atoms with Gasteiger partial charge in [-0.1, -0.05) is 13.8 Å². The Bertz CT molecular complexity index is 482. The van der Waals surface area contributed by atoms with Gasteiger partial charge < -0.3 is 10.5 Å². The fourth-order valence-corrected chi connectivity index (χ4v) is 3.45. The van der Waals surface area contributed by atoms with Crippen LogP contribution in [0.2, 0.25) is 0 Å². The second kappa shape index (κ2) is 4.78. The summed E-state index contributed by atoms with van der Waals surface area (Å²) in [6.07, 6.45) is 6.09. The Balaban J connectivity index is 2.25. The molecule has 1 fully saturated rings. The van der Waals surface area contributed by atoms with E-state index in [0.717, 1.165) is 41.8 Å². The summed E-state index contributed by atoms with van der Waals surface area (Å²) in [6, 6.07) is 0. The molecule has 1 aliphatic carbocycles. The summed E-state index contributed by atoms with van der Waals surface area (Å²) in [5.74, 6) is 0.950. The number of hydrogen-bond acceptors (Lipinski definition) is 3. The molecule has 106 valence electrons. The van der Waals surface area contributed by atoms with Crippen molar-refractivity contribution in [3.05, 3.63) is 23.0 Å². The van der Waals surface area contributed by atoms with Crippen LogP contribution < -0.4 is 10.5 Å². The number of ether oxygens (including phenoxy) is 1. The summed E-state index contributed by atoms with van der Waals surface area (Å²) >= 11 is 0. The molecular weight excluding hydrogens is 236 g/mol. The number of hydrogen-bond donors (Lipinski definition) is 1. The predicted octanol–water partition coefficient (Wildman–Crippen LogP) is 3.16. The maximum atomic E-state index is 6.58. The molecule has 1 atom stereocenters. The van der Waals surface area contributed by atoms with Gasteiger partial charge in [0.1, 0.15) is 5.75 Å². The Hall–Kier alpha value is -1.09. The first-order chi connectivity index (χ1) is 8.76. The van der Waals surface area contributed by atoms with E-state index in [1.54, 1.807) is 7.11 Å². The first kappa shape index (κ1) is 14.3. The van der Waals surface area contributed by atoms with Crippen LogP contribution in [0, 0.1) is 19.3 Å². The molecule has 3 nitrogen and oxygen atoms in total. The quantitative estimate of drug-likeness (QED) is 0.910. The first-order valence-electron chi connectivity index (χ1n) is 7.04. The summed E-state index contributed by atoms with van der Waals surface area (Å²) in [6.45, 7) is 8.71. The molecule has 1 saturated carbocycles. The third-order valence-corrected chi connectivity index (χ3v) is 4.40. The van der Waals surface area contributed by atoms with Gasteiger partial charge in [-0.05, 0) is 38.5 Å². The number of aryl methyl sites for hydroxylation is 1. The zero-order chi connectivity index (χ0) is 14.3. The topological polar surface area (TPSA) is 48.1 Å². The van der Waals surface area contributed by atoms with Crippen molar-refractivity contribution in [1.29, 1.82) is 0 Å². The number of pyridine rings is 1. The van der Waals surface area contributed by atoms with E-state index in [0.29, 0.717) is 5.41 Å². The minimum absolute atomic E-state index is 0.110. The second-order valence-electron chi connectivity index (χ2n) is 6.93. The average Bonchev–Trinajstić information content (AvgIpc) is 2.58. The Morgan fingerprint density at radius 3 is 2.53 bits per heavy atom. The van der Waals surface area contributed by atoms with E-state index in [2.05, 4.69) is 25.8 Å². The van der Waals surface area contributed by atoms with Crippen LogP contribution in [-0.4, -0.2) is 17.6 Å². The molecule has 2 rings (SSSR count). The highest BCUT2D eigenvalue weighted by atomic mass is 16.5. The average molecular weight is 262 g/mol. The summed E-state index contributed by atoms with van der Waals surface area (Å²) in [5.41, 5.74) is 10.1. The summed E-state index contributed by atoms with van der Waals surface area (Å²) in [7, 11) is 1.72. The number of rotatable bonds is 3. The lowest BCUT2D eigenvalue weighted by Gasteiger charge is -2.27. The van der Waals surface area contributed by atoms with Crippen molar-refractivity contribution in [3.8, 4) is 5.75 Å². The van der Waals surface area contributed by atoms with Gasteiger partial charge in [0, 0.05) is 35.0 Å². The number of methoxy groups -OCH3 is 1. The van der Waals surface area contributed by atoms with Crippen LogP contribution in [-0.2, 0) is 6.42 Å². The van der Waals surface area contributed by atoms with Gasteiger partial charge in [-0.2, -0.15) is 0 Å². The fourth-order valence-electron chi connectivity index (χ4n) is 3.45. The molecule has 0 aliphatic heterocycles. The van der Waals surface area contributed by atoms with E-state index in [9.17, 15) is 0 Å². The molecular formula is C16H26N2O. The van der Waals surface area contributed by atoms with Crippen molar-refractivity contribution >= 4 is 0 Å². The van der Waals surface area contributed by atoms with E-state index in [1.165, 1.54) is 6.42 Å². The molecule has 1 unspecified atom stereocenters. The maximum absolute atomic E-state index is 6.58. The Morgan fingerprint density at radius 2 is 2.00 bits per heavy atom. The zero-order valence-electron chi connectivity index (χ0n) is 12.8.